The van der Waals surface area contributed by atoms with E-state index < -0.39 is 23.7 Å². The van der Waals surface area contributed by atoms with Crippen LogP contribution in [-0.2, 0) is 15.7 Å². The van der Waals surface area contributed by atoms with Crippen molar-refractivity contribution >= 4 is 11.6 Å². The van der Waals surface area contributed by atoms with E-state index in [0.29, 0.717) is 13.1 Å². The highest BCUT2D eigenvalue weighted by Crippen LogP contribution is 2.35. The number of morpholine rings is 1. The van der Waals surface area contributed by atoms with Crippen molar-refractivity contribution in [1.82, 2.24) is 4.90 Å². The van der Waals surface area contributed by atoms with Gasteiger partial charge in [-0.05, 0) is 31.5 Å². The second-order valence-electron chi connectivity index (χ2n) is 7.01. The van der Waals surface area contributed by atoms with Crippen molar-refractivity contribution in [2.75, 3.05) is 18.4 Å². The summed E-state index contributed by atoms with van der Waals surface area (Å²) in [5.41, 5.74) is -0.0742. The van der Waals surface area contributed by atoms with E-state index in [1.807, 2.05) is 42.2 Å². The Morgan fingerprint density at radius 1 is 1.11 bits per heavy atom. The molecule has 4 nitrogen and oxygen atoms in total. The normalized spacial score (nSPS) is 21.9. The molecule has 3 rings (SSSR count). The highest BCUT2D eigenvalue weighted by atomic mass is 19.4. The minimum absolute atomic E-state index is 0.100. The molecule has 2 aromatic rings. The molecule has 0 radical (unpaired) electrons. The van der Waals surface area contributed by atoms with Crippen LogP contribution in [0.2, 0.25) is 0 Å². The van der Waals surface area contributed by atoms with Crippen LogP contribution in [-0.4, -0.2) is 36.0 Å². The minimum atomic E-state index is -4.53. The molecular weight excluding hydrogens is 369 g/mol. The number of nitrogens with zero attached hydrogens (tertiary/aromatic N) is 1. The summed E-state index contributed by atoms with van der Waals surface area (Å²) in [6.45, 7) is 4.64. The molecule has 150 valence electrons. The number of carbonyl (C=O) groups excluding carboxylic acids is 1. The van der Waals surface area contributed by atoms with Crippen molar-refractivity contribution in [3.8, 4) is 0 Å². The first kappa shape index (κ1) is 20.4. The average Bonchev–Trinajstić information content (AvgIpc) is 2.67. The maximum atomic E-state index is 13.2. The van der Waals surface area contributed by atoms with Crippen LogP contribution in [0.3, 0.4) is 0 Å². The number of alkyl halides is 3. The first-order valence-electron chi connectivity index (χ1n) is 9.17. The summed E-state index contributed by atoms with van der Waals surface area (Å²) in [5.74, 6) is -0.474. The van der Waals surface area contributed by atoms with Gasteiger partial charge in [-0.25, -0.2) is 0 Å². The highest BCUT2D eigenvalue weighted by Gasteiger charge is 2.35. The molecule has 0 spiro atoms. The smallest absolute Gasteiger partial charge is 0.368 e. The van der Waals surface area contributed by atoms with Gasteiger partial charge in [-0.2, -0.15) is 13.2 Å². The molecule has 0 aliphatic carbocycles. The lowest BCUT2D eigenvalue weighted by atomic mass is 10.0. The lowest BCUT2D eigenvalue weighted by molar-refractivity contribution is -0.137. The SMILES string of the molecule is CC1CN(C(C)C(=O)Nc2ccccc2C(F)(F)F)CC(c2ccccc2)O1. The third-order valence-electron chi connectivity index (χ3n) is 4.88. The van der Waals surface area contributed by atoms with Crippen molar-refractivity contribution in [3.63, 3.8) is 0 Å². The van der Waals surface area contributed by atoms with E-state index >= 15 is 0 Å². The van der Waals surface area contributed by atoms with Gasteiger partial charge in [0.15, 0.2) is 0 Å². The molecule has 1 fully saturated rings. The van der Waals surface area contributed by atoms with E-state index in [2.05, 4.69) is 5.32 Å². The lowest BCUT2D eigenvalue weighted by Gasteiger charge is -2.39. The third-order valence-corrected chi connectivity index (χ3v) is 4.88. The summed E-state index contributed by atoms with van der Waals surface area (Å²) in [5, 5.41) is 2.44. The van der Waals surface area contributed by atoms with E-state index in [0.717, 1.165) is 11.6 Å². The average molecular weight is 392 g/mol. The molecule has 1 N–H and O–H groups in total. The number of hydrogen-bond acceptors (Lipinski definition) is 3. The number of carbonyl (C=O) groups is 1. The van der Waals surface area contributed by atoms with Crippen LogP contribution < -0.4 is 5.32 Å². The van der Waals surface area contributed by atoms with Crippen LogP contribution in [0.15, 0.2) is 54.6 Å². The van der Waals surface area contributed by atoms with Crippen molar-refractivity contribution in [1.29, 1.82) is 0 Å². The van der Waals surface area contributed by atoms with Gasteiger partial charge in [0.05, 0.1) is 29.5 Å². The minimum Gasteiger partial charge on any atom is -0.368 e. The van der Waals surface area contributed by atoms with Crippen LogP contribution >= 0.6 is 0 Å². The largest absolute Gasteiger partial charge is 0.418 e. The van der Waals surface area contributed by atoms with Gasteiger partial charge >= 0.3 is 6.18 Å². The molecule has 1 aliphatic heterocycles. The number of ether oxygens (including phenoxy) is 1. The summed E-state index contributed by atoms with van der Waals surface area (Å²) in [6, 6.07) is 14.1. The molecule has 3 atom stereocenters. The quantitative estimate of drug-likeness (QED) is 0.833. The Hall–Kier alpha value is -2.38. The number of anilines is 1. The predicted molar refractivity (Wildman–Crippen MR) is 101 cm³/mol. The van der Waals surface area contributed by atoms with E-state index in [1.54, 1.807) is 6.92 Å². The molecule has 1 amide bonds. The summed E-state index contributed by atoms with van der Waals surface area (Å²) < 4.78 is 45.5. The maximum absolute atomic E-state index is 13.2. The van der Waals surface area contributed by atoms with Gasteiger partial charge in [0.1, 0.15) is 0 Å². The zero-order chi connectivity index (χ0) is 20.3. The van der Waals surface area contributed by atoms with Gasteiger partial charge < -0.3 is 10.1 Å². The fraction of sp³-hybridized carbons (Fsp3) is 0.381. The van der Waals surface area contributed by atoms with E-state index in [9.17, 15) is 18.0 Å². The molecule has 0 saturated carbocycles. The summed E-state index contributed by atoms with van der Waals surface area (Å²) in [6.07, 6.45) is -4.82. The fourth-order valence-corrected chi connectivity index (χ4v) is 3.39. The topological polar surface area (TPSA) is 41.6 Å². The zero-order valence-electron chi connectivity index (χ0n) is 15.7. The summed E-state index contributed by atoms with van der Waals surface area (Å²) in [7, 11) is 0. The summed E-state index contributed by atoms with van der Waals surface area (Å²) >= 11 is 0. The number of halogens is 3. The van der Waals surface area contributed by atoms with Crippen molar-refractivity contribution < 1.29 is 22.7 Å². The number of nitrogens with one attached hydrogen (secondary N) is 1. The van der Waals surface area contributed by atoms with Gasteiger partial charge in [0.2, 0.25) is 5.91 Å². The second kappa shape index (κ2) is 8.32. The first-order valence-corrected chi connectivity index (χ1v) is 9.17. The Morgan fingerprint density at radius 3 is 2.43 bits per heavy atom. The maximum Gasteiger partial charge on any atom is 0.418 e. The number of benzene rings is 2. The van der Waals surface area contributed by atoms with Gasteiger partial charge in [-0.1, -0.05) is 42.5 Å². The first-order chi connectivity index (χ1) is 13.3. The van der Waals surface area contributed by atoms with Crippen LogP contribution in [0.4, 0.5) is 18.9 Å². The van der Waals surface area contributed by atoms with Crippen LogP contribution in [0.1, 0.15) is 31.1 Å². The van der Waals surface area contributed by atoms with Crippen molar-refractivity contribution in [3.05, 3.63) is 65.7 Å². The van der Waals surface area contributed by atoms with Gasteiger partial charge in [0, 0.05) is 13.1 Å². The van der Waals surface area contributed by atoms with Crippen molar-refractivity contribution in [2.45, 2.75) is 38.3 Å². The third kappa shape index (κ3) is 4.72. The Bertz CT molecular complexity index is 811. The molecule has 3 unspecified atom stereocenters. The summed E-state index contributed by atoms with van der Waals surface area (Å²) in [4.78, 5) is 14.6. The Balaban J connectivity index is 1.73. The molecule has 0 bridgehead atoms. The molecular formula is C21H23F3N2O2. The van der Waals surface area contributed by atoms with E-state index in [4.69, 9.17) is 4.74 Å². The van der Waals surface area contributed by atoms with Crippen molar-refractivity contribution in [2.24, 2.45) is 0 Å². The molecule has 0 aromatic heterocycles. The van der Waals surface area contributed by atoms with E-state index in [-0.39, 0.29) is 17.9 Å². The monoisotopic (exact) mass is 392 g/mol. The number of amides is 1. The number of rotatable bonds is 4. The van der Waals surface area contributed by atoms with Crippen LogP contribution in [0, 0.1) is 0 Å². The number of para-hydroxylation sites is 1. The zero-order valence-corrected chi connectivity index (χ0v) is 15.7. The Kier molecular flexibility index (Phi) is 6.05. The highest BCUT2D eigenvalue weighted by molar-refractivity contribution is 5.95. The molecule has 1 saturated heterocycles. The predicted octanol–water partition coefficient (Wildman–Crippen LogP) is 4.49. The molecule has 1 aliphatic rings. The Morgan fingerprint density at radius 2 is 1.75 bits per heavy atom. The van der Waals surface area contributed by atoms with Crippen LogP contribution in [0.5, 0.6) is 0 Å². The second-order valence-corrected chi connectivity index (χ2v) is 7.01. The fourth-order valence-electron chi connectivity index (χ4n) is 3.39. The standard InChI is InChI=1S/C21H23F3N2O2/c1-14-12-26(13-19(28-14)16-8-4-3-5-9-16)15(2)20(27)25-18-11-7-6-10-17(18)21(22,23)24/h3-11,14-15,19H,12-13H2,1-2H3,(H,25,27). The molecule has 1 heterocycles. The molecule has 7 heteroatoms. The lowest BCUT2D eigenvalue weighted by Crippen LogP contribution is -2.51. The number of hydrogen-bond donors (Lipinski definition) is 1. The molecule has 28 heavy (non-hydrogen) atoms. The van der Waals surface area contributed by atoms with Gasteiger partial charge in [-0.3, -0.25) is 9.69 Å². The Labute approximate surface area is 162 Å². The van der Waals surface area contributed by atoms with Crippen LogP contribution in [0.25, 0.3) is 0 Å². The van der Waals surface area contributed by atoms with E-state index in [1.165, 1.54) is 18.2 Å². The van der Waals surface area contributed by atoms with Gasteiger partial charge in [-0.15, -0.1) is 0 Å². The van der Waals surface area contributed by atoms with Gasteiger partial charge in [0.25, 0.3) is 0 Å². The molecule has 2 aromatic carbocycles.